The number of carboxylic acid groups (broad SMARTS) is 1. The van der Waals surface area contributed by atoms with E-state index in [2.05, 4.69) is 41.5 Å². The van der Waals surface area contributed by atoms with Crippen molar-refractivity contribution in [1.82, 2.24) is 0 Å². The molecule has 4 heteroatoms. The summed E-state index contributed by atoms with van der Waals surface area (Å²) in [7, 11) is 0. The topological polar surface area (TPSA) is 63.6 Å². The summed E-state index contributed by atoms with van der Waals surface area (Å²) < 4.78 is 5.72. The fourth-order valence-electron chi connectivity index (χ4n) is 3.36. The van der Waals surface area contributed by atoms with Crippen molar-refractivity contribution in [3.8, 4) is 0 Å². The first-order valence-corrected chi connectivity index (χ1v) is 9.03. The highest BCUT2D eigenvalue weighted by atomic mass is 16.5. The first-order valence-electron chi connectivity index (χ1n) is 9.03. The van der Waals surface area contributed by atoms with Crippen LogP contribution in [0.4, 0.5) is 0 Å². The van der Waals surface area contributed by atoms with E-state index < -0.39 is 11.9 Å². The third-order valence-electron chi connectivity index (χ3n) is 4.01. The van der Waals surface area contributed by atoms with E-state index in [1.54, 1.807) is 12.1 Å². The van der Waals surface area contributed by atoms with Gasteiger partial charge in [0.15, 0.2) is 0 Å². The van der Waals surface area contributed by atoms with E-state index in [0.29, 0.717) is 11.8 Å². The number of carbonyl (C=O) groups excluding carboxylic acids is 1. The monoisotopic (exact) mass is 348 g/mol. The standard InChI is InChI=1S/C21H32O4/c1-14(2)11-16(12-15(3)13-21(4,5)6)25-20(24)18-10-8-7-9-17(18)19(22)23/h7-10,14-16H,11-13H2,1-6H3,(H,22,23). The van der Waals surface area contributed by atoms with Crippen LogP contribution >= 0.6 is 0 Å². The maximum Gasteiger partial charge on any atom is 0.339 e. The van der Waals surface area contributed by atoms with Crippen molar-refractivity contribution in [2.24, 2.45) is 17.3 Å². The highest BCUT2D eigenvalue weighted by Gasteiger charge is 2.25. The normalized spacial score (nSPS) is 14.2. The van der Waals surface area contributed by atoms with Gasteiger partial charge in [-0.3, -0.25) is 0 Å². The molecule has 0 aliphatic carbocycles. The second-order valence-corrected chi connectivity index (χ2v) is 8.61. The lowest BCUT2D eigenvalue weighted by Gasteiger charge is -2.27. The van der Waals surface area contributed by atoms with Gasteiger partial charge in [0.25, 0.3) is 0 Å². The van der Waals surface area contributed by atoms with Crippen molar-refractivity contribution >= 4 is 11.9 Å². The molecular formula is C21H32O4. The number of carbonyl (C=O) groups is 2. The lowest BCUT2D eigenvalue weighted by atomic mass is 9.82. The molecule has 0 radical (unpaired) electrons. The molecule has 0 aromatic heterocycles. The maximum absolute atomic E-state index is 12.5. The molecule has 1 aromatic carbocycles. The summed E-state index contributed by atoms with van der Waals surface area (Å²) in [6.07, 6.45) is 2.41. The Balaban J connectivity index is 2.88. The number of hydrogen-bond donors (Lipinski definition) is 1. The van der Waals surface area contributed by atoms with E-state index in [4.69, 9.17) is 4.74 Å². The first-order chi connectivity index (χ1) is 11.5. The van der Waals surface area contributed by atoms with Crippen LogP contribution in [0, 0.1) is 17.3 Å². The molecule has 140 valence electrons. The molecule has 25 heavy (non-hydrogen) atoms. The van der Waals surface area contributed by atoms with Crippen molar-refractivity contribution in [3.05, 3.63) is 35.4 Å². The van der Waals surface area contributed by atoms with Crippen LogP contribution in [-0.4, -0.2) is 23.1 Å². The molecule has 1 aromatic rings. The van der Waals surface area contributed by atoms with E-state index in [9.17, 15) is 14.7 Å². The predicted molar refractivity (Wildman–Crippen MR) is 99.9 cm³/mol. The van der Waals surface area contributed by atoms with Crippen molar-refractivity contribution in [3.63, 3.8) is 0 Å². The van der Waals surface area contributed by atoms with Gasteiger partial charge in [-0.15, -0.1) is 0 Å². The lowest BCUT2D eigenvalue weighted by Crippen LogP contribution is -2.25. The number of hydrogen-bond acceptors (Lipinski definition) is 3. The Labute approximate surface area is 151 Å². The van der Waals surface area contributed by atoms with Crippen LogP contribution in [0.5, 0.6) is 0 Å². The van der Waals surface area contributed by atoms with Crippen LogP contribution in [0.25, 0.3) is 0 Å². The predicted octanol–water partition coefficient (Wildman–Crippen LogP) is 5.42. The summed E-state index contributed by atoms with van der Waals surface area (Å²) in [6, 6.07) is 6.20. The van der Waals surface area contributed by atoms with Gasteiger partial charge in [-0.05, 0) is 48.6 Å². The summed E-state index contributed by atoms with van der Waals surface area (Å²) in [5, 5.41) is 9.26. The van der Waals surface area contributed by atoms with Gasteiger partial charge in [-0.1, -0.05) is 53.7 Å². The minimum Gasteiger partial charge on any atom is -0.478 e. The molecule has 1 N–H and O–H groups in total. The van der Waals surface area contributed by atoms with Gasteiger partial charge < -0.3 is 9.84 Å². The minimum atomic E-state index is -1.12. The fourth-order valence-corrected chi connectivity index (χ4v) is 3.36. The largest absolute Gasteiger partial charge is 0.478 e. The Morgan fingerprint density at radius 3 is 2.08 bits per heavy atom. The highest BCUT2D eigenvalue weighted by molar-refractivity contribution is 6.02. The van der Waals surface area contributed by atoms with Crippen LogP contribution in [-0.2, 0) is 4.74 Å². The zero-order valence-corrected chi connectivity index (χ0v) is 16.3. The van der Waals surface area contributed by atoms with Gasteiger partial charge in [0.2, 0.25) is 0 Å². The summed E-state index contributed by atoms with van der Waals surface area (Å²) in [6.45, 7) is 13.0. The van der Waals surface area contributed by atoms with Crippen LogP contribution in [0.3, 0.4) is 0 Å². The molecule has 0 fully saturated rings. The van der Waals surface area contributed by atoms with Crippen molar-refractivity contribution in [2.45, 2.75) is 66.9 Å². The second-order valence-electron chi connectivity index (χ2n) is 8.61. The summed E-state index contributed by atoms with van der Waals surface area (Å²) >= 11 is 0. The molecule has 0 saturated heterocycles. The van der Waals surface area contributed by atoms with Gasteiger partial charge >= 0.3 is 11.9 Å². The van der Waals surface area contributed by atoms with Gasteiger partial charge in [0, 0.05) is 0 Å². The van der Waals surface area contributed by atoms with Crippen LogP contribution < -0.4 is 0 Å². The maximum atomic E-state index is 12.5. The van der Waals surface area contributed by atoms with Crippen molar-refractivity contribution < 1.29 is 19.4 Å². The van der Waals surface area contributed by atoms with Crippen molar-refractivity contribution in [2.75, 3.05) is 0 Å². The molecule has 2 unspecified atom stereocenters. The summed E-state index contributed by atoms with van der Waals surface area (Å²) in [4.78, 5) is 23.9. The molecule has 0 amide bonds. The number of rotatable bonds is 8. The Morgan fingerprint density at radius 1 is 1.04 bits per heavy atom. The second kappa shape index (κ2) is 9.02. The molecule has 1 rings (SSSR count). The quantitative estimate of drug-likeness (QED) is 0.637. The van der Waals surface area contributed by atoms with E-state index in [1.807, 2.05) is 0 Å². The van der Waals surface area contributed by atoms with Crippen molar-refractivity contribution in [1.29, 1.82) is 0 Å². The summed E-state index contributed by atoms with van der Waals surface area (Å²) in [5.41, 5.74) is 0.326. The first kappa shape index (κ1) is 21.2. The smallest absolute Gasteiger partial charge is 0.339 e. The summed E-state index contributed by atoms with van der Waals surface area (Å²) in [5.74, 6) is -0.846. The van der Waals surface area contributed by atoms with Crippen LogP contribution in [0.1, 0.15) is 81.5 Å². The molecule has 0 aliphatic heterocycles. The Morgan fingerprint density at radius 2 is 1.60 bits per heavy atom. The van der Waals surface area contributed by atoms with E-state index in [1.165, 1.54) is 12.1 Å². The lowest BCUT2D eigenvalue weighted by molar-refractivity contribution is 0.0174. The molecule has 4 nitrogen and oxygen atoms in total. The molecule has 0 spiro atoms. The third-order valence-corrected chi connectivity index (χ3v) is 4.01. The van der Waals surface area contributed by atoms with E-state index in [0.717, 1.165) is 19.3 Å². The molecule has 0 bridgehead atoms. The molecule has 0 aliphatic rings. The third kappa shape index (κ3) is 7.72. The Hall–Kier alpha value is -1.84. The zero-order chi connectivity index (χ0) is 19.2. The van der Waals surface area contributed by atoms with E-state index >= 15 is 0 Å². The van der Waals surface area contributed by atoms with Crippen LogP contribution in [0.2, 0.25) is 0 Å². The molecular weight excluding hydrogens is 316 g/mol. The average Bonchev–Trinajstić information content (AvgIpc) is 2.44. The van der Waals surface area contributed by atoms with Gasteiger partial charge in [0.05, 0.1) is 11.1 Å². The number of benzene rings is 1. The molecule has 0 heterocycles. The SMILES string of the molecule is CC(C)CC(CC(C)CC(C)(C)C)OC(=O)c1ccccc1C(=O)O. The minimum absolute atomic E-state index is 0.0152. The average molecular weight is 348 g/mol. The van der Waals surface area contributed by atoms with Gasteiger partial charge in [0.1, 0.15) is 6.10 Å². The van der Waals surface area contributed by atoms with Gasteiger partial charge in [-0.2, -0.15) is 0 Å². The number of aromatic carboxylic acids is 1. The number of esters is 1. The van der Waals surface area contributed by atoms with Gasteiger partial charge in [-0.25, -0.2) is 9.59 Å². The zero-order valence-electron chi connectivity index (χ0n) is 16.3. The number of ether oxygens (including phenoxy) is 1. The Kier molecular flexibility index (Phi) is 7.65. The highest BCUT2D eigenvalue weighted by Crippen LogP contribution is 2.29. The number of carboxylic acids is 1. The van der Waals surface area contributed by atoms with Crippen LogP contribution in [0.15, 0.2) is 24.3 Å². The molecule has 2 atom stereocenters. The molecule has 0 saturated carbocycles. The fraction of sp³-hybridized carbons (Fsp3) is 0.619. The Bertz CT molecular complexity index is 584. The van der Waals surface area contributed by atoms with E-state index in [-0.39, 0.29) is 22.6 Å².